The molecule has 2 heterocycles. The number of aryl methyl sites for hydroxylation is 1. The third kappa shape index (κ3) is 3.57. The van der Waals surface area contributed by atoms with Crippen LogP contribution in [-0.2, 0) is 20.8 Å². The SMILES string of the molecule is CCn1c2ccccc2c2cc(NC(=O)C(C)OCC3CCCO3)ccc21. The van der Waals surface area contributed by atoms with Gasteiger partial charge in [-0.2, -0.15) is 0 Å². The topological polar surface area (TPSA) is 52.5 Å². The molecule has 0 bridgehead atoms. The lowest BCUT2D eigenvalue weighted by molar-refractivity contribution is -0.128. The molecule has 1 saturated heterocycles. The minimum atomic E-state index is -0.512. The quantitative estimate of drug-likeness (QED) is 0.706. The van der Waals surface area contributed by atoms with Gasteiger partial charge in [-0.05, 0) is 51.0 Å². The van der Waals surface area contributed by atoms with E-state index in [9.17, 15) is 4.79 Å². The third-order valence-electron chi connectivity index (χ3n) is 5.28. The largest absolute Gasteiger partial charge is 0.376 e. The van der Waals surface area contributed by atoms with E-state index in [4.69, 9.17) is 9.47 Å². The molecule has 0 radical (unpaired) electrons. The Labute approximate surface area is 159 Å². The number of nitrogens with one attached hydrogen (secondary N) is 1. The van der Waals surface area contributed by atoms with E-state index in [-0.39, 0.29) is 12.0 Å². The smallest absolute Gasteiger partial charge is 0.253 e. The molecular weight excluding hydrogens is 340 g/mol. The van der Waals surface area contributed by atoms with Crippen LogP contribution in [0.25, 0.3) is 21.8 Å². The van der Waals surface area contributed by atoms with Gasteiger partial charge in [0.2, 0.25) is 0 Å². The maximum atomic E-state index is 12.5. The summed E-state index contributed by atoms with van der Waals surface area (Å²) in [7, 11) is 0. The van der Waals surface area contributed by atoms with Crippen LogP contribution in [0.3, 0.4) is 0 Å². The molecule has 0 saturated carbocycles. The predicted octanol–water partition coefficient (Wildman–Crippen LogP) is 4.34. The van der Waals surface area contributed by atoms with Crippen molar-refractivity contribution in [1.82, 2.24) is 4.57 Å². The summed E-state index contributed by atoms with van der Waals surface area (Å²) in [4.78, 5) is 12.5. The van der Waals surface area contributed by atoms with Gasteiger partial charge in [-0.25, -0.2) is 0 Å². The Morgan fingerprint density at radius 2 is 2.07 bits per heavy atom. The summed E-state index contributed by atoms with van der Waals surface area (Å²) < 4.78 is 13.5. The van der Waals surface area contributed by atoms with Crippen molar-refractivity contribution < 1.29 is 14.3 Å². The van der Waals surface area contributed by atoms with Crippen LogP contribution in [-0.4, -0.2) is 35.9 Å². The van der Waals surface area contributed by atoms with E-state index in [0.717, 1.165) is 37.1 Å². The first kappa shape index (κ1) is 18.0. The third-order valence-corrected chi connectivity index (χ3v) is 5.28. The van der Waals surface area contributed by atoms with E-state index >= 15 is 0 Å². The van der Waals surface area contributed by atoms with E-state index in [1.165, 1.54) is 16.4 Å². The number of benzene rings is 2. The molecule has 2 aromatic carbocycles. The van der Waals surface area contributed by atoms with Crippen LogP contribution in [0.4, 0.5) is 5.69 Å². The first-order chi connectivity index (χ1) is 13.2. The van der Waals surface area contributed by atoms with Gasteiger partial charge in [-0.1, -0.05) is 18.2 Å². The number of para-hydroxylation sites is 1. The van der Waals surface area contributed by atoms with Crippen LogP contribution in [0.5, 0.6) is 0 Å². The standard InChI is InChI=1S/C22H26N2O3/c1-3-24-20-9-5-4-8-18(20)19-13-16(10-11-21(19)24)23-22(25)15(2)27-14-17-7-6-12-26-17/h4-5,8-11,13,15,17H,3,6-7,12,14H2,1-2H3,(H,23,25). The van der Waals surface area contributed by atoms with Crippen LogP contribution in [0.1, 0.15) is 26.7 Å². The van der Waals surface area contributed by atoms with Gasteiger partial charge in [0.05, 0.1) is 12.7 Å². The zero-order valence-corrected chi connectivity index (χ0v) is 15.9. The zero-order chi connectivity index (χ0) is 18.8. The fraction of sp³-hybridized carbons (Fsp3) is 0.409. The van der Waals surface area contributed by atoms with E-state index in [2.05, 4.69) is 47.1 Å². The second kappa shape index (κ2) is 7.71. The van der Waals surface area contributed by atoms with Crippen LogP contribution in [0, 0.1) is 0 Å². The average Bonchev–Trinajstić information content (AvgIpc) is 3.31. The molecule has 1 fully saturated rings. The van der Waals surface area contributed by atoms with Crippen molar-refractivity contribution in [3.63, 3.8) is 0 Å². The molecule has 27 heavy (non-hydrogen) atoms. The summed E-state index contributed by atoms with van der Waals surface area (Å²) in [6.07, 6.45) is 1.69. The Morgan fingerprint density at radius 3 is 2.85 bits per heavy atom. The van der Waals surface area contributed by atoms with E-state index in [0.29, 0.717) is 6.61 Å². The molecule has 142 valence electrons. The van der Waals surface area contributed by atoms with Crippen molar-refractivity contribution >= 4 is 33.4 Å². The highest BCUT2D eigenvalue weighted by molar-refractivity contribution is 6.09. The minimum absolute atomic E-state index is 0.122. The Balaban J connectivity index is 1.51. The van der Waals surface area contributed by atoms with Crippen LogP contribution < -0.4 is 5.32 Å². The molecule has 1 aliphatic rings. The number of fused-ring (bicyclic) bond motifs is 3. The summed E-state index contributed by atoms with van der Waals surface area (Å²) in [5, 5.41) is 5.34. The molecule has 0 spiro atoms. The van der Waals surface area contributed by atoms with E-state index < -0.39 is 6.10 Å². The summed E-state index contributed by atoms with van der Waals surface area (Å²) in [5.74, 6) is -0.133. The molecule has 5 nitrogen and oxygen atoms in total. The molecular formula is C22H26N2O3. The normalized spacial score (nSPS) is 18.2. The molecule has 4 rings (SSSR count). The fourth-order valence-corrected chi connectivity index (χ4v) is 3.82. The first-order valence-corrected chi connectivity index (χ1v) is 9.72. The highest BCUT2D eigenvalue weighted by atomic mass is 16.5. The average molecular weight is 366 g/mol. The Morgan fingerprint density at radius 1 is 1.26 bits per heavy atom. The second-order valence-corrected chi connectivity index (χ2v) is 7.09. The molecule has 2 atom stereocenters. The van der Waals surface area contributed by atoms with Crippen molar-refractivity contribution in [1.29, 1.82) is 0 Å². The highest BCUT2D eigenvalue weighted by Crippen LogP contribution is 2.31. The number of nitrogens with zero attached hydrogens (tertiary/aromatic N) is 1. The number of anilines is 1. The highest BCUT2D eigenvalue weighted by Gasteiger charge is 2.20. The Hall–Kier alpha value is -2.37. The molecule has 1 N–H and O–H groups in total. The van der Waals surface area contributed by atoms with E-state index in [1.54, 1.807) is 6.92 Å². The number of carbonyl (C=O) groups excluding carboxylic acids is 1. The summed E-state index contributed by atoms with van der Waals surface area (Å²) in [6, 6.07) is 14.5. The monoisotopic (exact) mass is 366 g/mol. The Bertz CT molecular complexity index is 957. The van der Waals surface area contributed by atoms with Gasteiger partial charge in [-0.3, -0.25) is 4.79 Å². The van der Waals surface area contributed by atoms with Gasteiger partial charge in [0.25, 0.3) is 5.91 Å². The van der Waals surface area contributed by atoms with Crippen molar-refractivity contribution in [3.05, 3.63) is 42.5 Å². The van der Waals surface area contributed by atoms with Crippen molar-refractivity contribution in [2.24, 2.45) is 0 Å². The zero-order valence-electron chi connectivity index (χ0n) is 15.9. The van der Waals surface area contributed by atoms with Crippen molar-refractivity contribution in [2.75, 3.05) is 18.5 Å². The lowest BCUT2D eigenvalue weighted by Crippen LogP contribution is -2.30. The Kier molecular flexibility index (Phi) is 5.14. The molecule has 2 unspecified atom stereocenters. The molecule has 0 aliphatic carbocycles. The fourth-order valence-electron chi connectivity index (χ4n) is 3.82. The van der Waals surface area contributed by atoms with Gasteiger partial charge in [0.1, 0.15) is 6.10 Å². The summed E-state index contributed by atoms with van der Waals surface area (Å²) in [5.41, 5.74) is 3.19. The number of rotatable bonds is 6. The number of amides is 1. The lowest BCUT2D eigenvalue weighted by atomic mass is 10.1. The van der Waals surface area contributed by atoms with E-state index in [1.807, 2.05) is 12.1 Å². The first-order valence-electron chi connectivity index (χ1n) is 9.72. The summed E-state index contributed by atoms with van der Waals surface area (Å²) >= 11 is 0. The molecule has 1 aromatic heterocycles. The van der Waals surface area contributed by atoms with Gasteiger partial charge in [0.15, 0.2) is 0 Å². The maximum Gasteiger partial charge on any atom is 0.253 e. The van der Waals surface area contributed by atoms with Crippen molar-refractivity contribution in [3.8, 4) is 0 Å². The lowest BCUT2D eigenvalue weighted by Gasteiger charge is -2.16. The maximum absolute atomic E-state index is 12.5. The van der Waals surface area contributed by atoms with Crippen LogP contribution in [0.15, 0.2) is 42.5 Å². The minimum Gasteiger partial charge on any atom is -0.376 e. The van der Waals surface area contributed by atoms with Crippen molar-refractivity contribution in [2.45, 2.75) is 45.4 Å². The van der Waals surface area contributed by atoms with Crippen LogP contribution in [0.2, 0.25) is 0 Å². The number of ether oxygens (including phenoxy) is 2. The molecule has 1 amide bonds. The number of hydrogen-bond donors (Lipinski definition) is 1. The van der Waals surface area contributed by atoms with Gasteiger partial charge in [0, 0.05) is 40.6 Å². The predicted molar refractivity (Wildman–Crippen MR) is 108 cm³/mol. The molecule has 3 aromatic rings. The van der Waals surface area contributed by atoms with Gasteiger partial charge >= 0.3 is 0 Å². The second-order valence-electron chi connectivity index (χ2n) is 7.09. The van der Waals surface area contributed by atoms with Crippen LogP contribution >= 0.6 is 0 Å². The molecule has 5 heteroatoms. The number of aromatic nitrogens is 1. The van der Waals surface area contributed by atoms with Gasteiger partial charge < -0.3 is 19.4 Å². The molecule has 1 aliphatic heterocycles. The van der Waals surface area contributed by atoms with Gasteiger partial charge in [-0.15, -0.1) is 0 Å². The summed E-state index contributed by atoms with van der Waals surface area (Å²) in [6.45, 7) is 6.10. The number of hydrogen-bond acceptors (Lipinski definition) is 3. The number of carbonyl (C=O) groups is 1.